The van der Waals surface area contributed by atoms with Crippen molar-refractivity contribution < 1.29 is 9.53 Å². The van der Waals surface area contributed by atoms with Gasteiger partial charge in [0, 0.05) is 29.2 Å². The molecule has 0 saturated heterocycles. The fraction of sp³-hybridized carbons (Fsp3) is 0.158. The number of carbonyl (C=O) groups is 1. The lowest BCUT2D eigenvalue weighted by atomic mass is 10.0. The van der Waals surface area contributed by atoms with Crippen molar-refractivity contribution in [1.82, 2.24) is 15.0 Å². The van der Waals surface area contributed by atoms with E-state index in [-0.39, 0.29) is 11.6 Å². The summed E-state index contributed by atoms with van der Waals surface area (Å²) in [5.41, 5.74) is 3.80. The van der Waals surface area contributed by atoms with Crippen molar-refractivity contribution in [1.29, 1.82) is 0 Å². The highest BCUT2D eigenvalue weighted by molar-refractivity contribution is 6.03. The number of hydrogen-bond acceptors (Lipinski definition) is 5. The van der Waals surface area contributed by atoms with Crippen molar-refractivity contribution in [3.8, 4) is 16.9 Å². The molecule has 3 heterocycles. The van der Waals surface area contributed by atoms with Crippen LogP contribution in [0.1, 0.15) is 21.7 Å². The molecular formula is C19H18N4O2. The molecule has 126 valence electrons. The van der Waals surface area contributed by atoms with Crippen molar-refractivity contribution in [2.45, 2.75) is 13.8 Å². The van der Waals surface area contributed by atoms with Gasteiger partial charge < -0.3 is 10.1 Å². The molecule has 0 fully saturated rings. The Morgan fingerprint density at radius 1 is 1.12 bits per heavy atom. The fourth-order valence-corrected chi connectivity index (χ4v) is 2.48. The van der Waals surface area contributed by atoms with Gasteiger partial charge in [-0.3, -0.25) is 9.78 Å². The summed E-state index contributed by atoms with van der Waals surface area (Å²) in [6.45, 7) is 3.85. The van der Waals surface area contributed by atoms with Crippen LogP contribution in [0.2, 0.25) is 0 Å². The van der Waals surface area contributed by atoms with Gasteiger partial charge in [0.1, 0.15) is 17.3 Å². The van der Waals surface area contributed by atoms with Crippen LogP contribution in [0.3, 0.4) is 0 Å². The van der Waals surface area contributed by atoms with Gasteiger partial charge in [-0.2, -0.15) is 0 Å². The first-order valence-corrected chi connectivity index (χ1v) is 7.78. The third-order valence-corrected chi connectivity index (χ3v) is 3.78. The second-order valence-electron chi connectivity index (χ2n) is 5.58. The van der Waals surface area contributed by atoms with Crippen LogP contribution >= 0.6 is 0 Å². The number of ether oxygens (including phenoxy) is 1. The molecule has 25 heavy (non-hydrogen) atoms. The Kier molecular flexibility index (Phi) is 4.70. The molecule has 0 saturated carbocycles. The zero-order chi connectivity index (χ0) is 17.8. The van der Waals surface area contributed by atoms with Gasteiger partial charge in [-0.05, 0) is 43.7 Å². The van der Waals surface area contributed by atoms with E-state index < -0.39 is 0 Å². The van der Waals surface area contributed by atoms with E-state index in [0.717, 1.165) is 22.4 Å². The molecule has 0 bridgehead atoms. The molecular weight excluding hydrogens is 316 g/mol. The first-order valence-electron chi connectivity index (χ1n) is 7.78. The molecule has 0 aromatic carbocycles. The van der Waals surface area contributed by atoms with Crippen LogP contribution in [0.4, 0.5) is 5.82 Å². The quantitative estimate of drug-likeness (QED) is 0.791. The molecule has 0 atom stereocenters. The Morgan fingerprint density at radius 2 is 1.96 bits per heavy atom. The summed E-state index contributed by atoms with van der Waals surface area (Å²) < 4.78 is 5.39. The molecule has 0 aliphatic heterocycles. The minimum atomic E-state index is -0.330. The molecule has 0 aliphatic rings. The fourth-order valence-electron chi connectivity index (χ4n) is 2.48. The van der Waals surface area contributed by atoms with Crippen LogP contribution in [-0.2, 0) is 0 Å². The Balaban J connectivity index is 1.96. The van der Waals surface area contributed by atoms with E-state index in [9.17, 15) is 4.79 Å². The van der Waals surface area contributed by atoms with Crippen LogP contribution < -0.4 is 10.1 Å². The van der Waals surface area contributed by atoms with Gasteiger partial charge in [-0.25, -0.2) is 9.97 Å². The lowest BCUT2D eigenvalue weighted by Crippen LogP contribution is -2.15. The topological polar surface area (TPSA) is 77.0 Å². The Bertz CT molecular complexity index is 925. The van der Waals surface area contributed by atoms with E-state index in [1.54, 1.807) is 37.8 Å². The van der Waals surface area contributed by atoms with E-state index in [0.29, 0.717) is 11.6 Å². The molecule has 0 spiro atoms. The number of carbonyl (C=O) groups excluding carboxylic acids is 1. The van der Waals surface area contributed by atoms with E-state index in [4.69, 9.17) is 4.74 Å². The van der Waals surface area contributed by atoms with Crippen LogP contribution in [0.15, 0.2) is 48.9 Å². The number of amides is 1. The second kappa shape index (κ2) is 7.09. The maximum Gasteiger partial charge on any atom is 0.275 e. The van der Waals surface area contributed by atoms with Crippen molar-refractivity contribution in [2.75, 3.05) is 12.4 Å². The summed E-state index contributed by atoms with van der Waals surface area (Å²) in [6.07, 6.45) is 5.01. The number of methoxy groups -OCH3 is 1. The second-order valence-corrected chi connectivity index (χ2v) is 5.58. The summed E-state index contributed by atoms with van der Waals surface area (Å²) in [6, 6.07) is 9.05. The van der Waals surface area contributed by atoms with Gasteiger partial charge in [-0.15, -0.1) is 0 Å². The molecule has 1 N–H and O–H groups in total. The number of anilines is 1. The van der Waals surface area contributed by atoms with Gasteiger partial charge >= 0.3 is 0 Å². The summed E-state index contributed by atoms with van der Waals surface area (Å²) in [5, 5.41) is 2.76. The lowest BCUT2D eigenvalue weighted by Gasteiger charge is -2.12. The Labute approximate surface area is 145 Å². The highest BCUT2D eigenvalue weighted by Crippen LogP contribution is 2.31. The minimum Gasteiger partial charge on any atom is -0.494 e. The maximum atomic E-state index is 12.5. The third kappa shape index (κ3) is 3.63. The zero-order valence-corrected chi connectivity index (χ0v) is 14.3. The van der Waals surface area contributed by atoms with Gasteiger partial charge in [0.05, 0.1) is 13.3 Å². The number of pyridine rings is 3. The lowest BCUT2D eigenvalue weighted by molar-refractivity contribution is 0.102. The van der Waals surface area contributed by atoms with Crippen molar-refractivity contribution >= 4 is 11.7 Å². The number of nitrogens with zero attached hydrogens (tertiary/aromatic N) is 3. The molecule has 3 rings (SSSR count). The maximum absolute atomic E-state index is 12.5. The number of rotatable bonds is 4. The summed E-state index contributed by atoms with van der Waals surface area (Å²) in [7, 11) is 1.57. The molecule has 0 aliphatic carbocycles. The predicted molar refractivity (Wildman–Crippen MR) is 95.7 cm³/mol. The minimum absolute atomic E-state index is 0.280. The molecule has 3 aromatic heterocycles. The highest BCUT2D eigenvalue weighted by Gasteiger charge is 2.15. The van der Waals surface area contributed by atoms with Crippen molar-refractivity contribution in [3.63, 3.8) is 0 Å². The van der Waals surface area contributed by atoms with Gasteiger partial charge in [-0.1, -0.05) is 6.07 Å². The van der Waals surface area contributed by atoms with Crippen LogP contribution in [-0.4, -0.2) is 28.0 Å². The summed E-state index contributed by atoms with van der Waals surface area (Å²) >= 11 is 0. The molecule has 0 radical (unpaired) electrons. The first kappa shape index (κ1) is 16.6. The largest absolute Gasteiger partial charge is 0.494 e. The molecule has 6 nitrogen and oxygen atoms in total. The number of aromatic nitrogens is 3. The molecule has 6 heteroatoms. The number of nitrogens with one attached hydrogen (secondary N) is 1. The number of aryl methyl sites for hydroxylation is 2. The van der Waals surface area contributed by atoms with E-state index in [2.05, 4.69) is 20.3 Å². The van der Waals surface area contributed by atoms with Gasteiger partial charge in [0.25, 0.3) is 5.91 Å². The third-order valence-electron chi connectivity index (χ3n) is 3.78. The summed E-state index contributed by atoms with van der Waals surface area (Å²) in [4.78, 5) is 25.2. The van der Waals surface area contributed by atoms with Crippen molar-refractivity contribution in [2.24, 2.45) is 0 Å². The van der Waals surface area contributed by atoms with E-state index >= 15 is 0 Å². The van der Waals surface area contributed by atoms with Crippen LogP contribution in [0, 0.1) is 13.8 Å². The smallest absolute Gasteiger partial charge is 0.275 e. The zero-order valence-electron chi connectivity index (χ0n) is 14.3. The average molecular weight is 334 g/mol. The Hall–Kier alpha value is -3.28. The average Bonchev–Trinajstić information content (AvgIpc) is 2.61. The first-order chi connectivity index (χ1) is 12.1. The van der Waals surface area contributed by atoms with Crippen LogP contribution in [0.5, 0.6) is 5.75 Å². The van der Waals surface area contributed by atoms with Crippen molar-refractivity contribution in [3.05, 3.63) is 65.9 Å². The standard InChI is InChI=1S/C19H18N4O2/c1-12-7-8-20-10-15(12)14-9-16(21-11-17(14)25-3)19(24)23-18-6-4-5-13(2)22-18/h4-11H,1-3H3,(H,22,23,24). The predicted octanol–water partition coefficient (Wildman–Crippen LogP) is 3.42. The monoisotopic (exact) mass is 334 g/mol. The highest BCUT2D eigenvalue weighted by atomic mass is 16.5. The molecule has 3 aromatic rings. The summed E-state index contributed by atoms with van der Waals surface area (Å²) in [5.74, 6) is 0.742. The SMILES string of the molecule is COc1cnc(C(=O)Nc2cccc(C)n2)cc1-c1cnccc1C. The molecule has 1 amide bonds. The van der Waals surface area contributed by atoms with Gasteiger partial charge in [0.2, 0.25) is 0 Å². The molecule has 0 unspecified atom stereocenters. The van der Waals surface area contributed by atoms with Gasteiger partial charge in [0.15, 0.2) is 0 Å². The normalized spacial score (nSPS) is 10.4. The number of hydrogen-bond donors (Lipinski definition) is 1. The Morgan fingerprint density at radius 3 is 2.68 bits per heavy atom. The van der Waals surface area contributed by atoms with Crippen LogP contribution in [0.25, 0.3) is 11.1 Å². The van der Waals surface area contributed by atoms with E-state index in [1.807, 2.05) is 32.0 Å². The van der Waals surface area contributed by atoms with E-state index in [1.165, 1.54) is 0 Å².